The SMILES string of the molecule is O=c1c2ccc(Cl)cc2oc2ccc(F)cc12. The Kier molecular flexibility index (Phi) is 2.16. The van der Waals surface area contributed by atoms with Crippen molar-refractivity contribution in [3.63, 3.8) is 0 Å². The van der Waals surface area contributed by atoms with Gasteiger partial charge in [-0.1, -0.05) is 11.6 Å². The van der Waals surface area contributed by atoms with Crippen LogP contribution >= 0.6 is 11.6 Å². The van der Waals surface area contributed by atoms with Crippen molar-refractivity contribution in [2.75, 3.05) is 0 Å². The lowest BCUT2D eigenvalue weighted by molar-refractivity contribution is 0.623. The van der Waals surface area contributed by atoms with Crippen molar-refractivity contribution in [1.29, 1.82) is 0 Å². The van der Waals surface area contributed by atoms with Crippen LogP contribution in [-0.4, -0.2) is 0 Å². The summed E-state index contributed by atoms with van der Waals surface area (Å²) in [5.74, 6) is -0.460. The summed E-state index contributed by atoms with van der Waals surface area (Å²) in [7, 11) is 0. The molecule has 0 saturated heterocycles. The van der Waals surface area contributed by atoms with Crippen LogP contribution in [0.1, 0.15) is 0 Å². The van der Waals surface area contributed by atoms with Crippen LogP contribution in [0.3, 0.4) is 0 Å². The molecule has 4 heteroatoms. The van der Waals surface area contributed by atoms with Gasteiger partial charge in [0.25, 0.3) is 0 Å². The lowest BCUT2D eigenvalue weighted by Crippen LogP contribution is -2.02. The van der Waals surface area contributed by atoms with Crippen LogP contribution in [0.25, 0.3) is 21.9 Å². The molecular weight excluding hydrogens is 243 g/mol. The largest absolute Gasteiger partial charge is 0.456 e. The molecule has 3 rings (SSSR count). The smallest absolute Gasteiger partial charge is 0.200 e. The molecule has 0 bridgehead atoms. The molecule has 0 aliphatic carbocycles. The van der Waals surface area contributed by atoms with Gasteiger partial charge in [-0.3, -0.25) is 4.79 Å². The highest BCUT2D eigenvalue weighted by atomic mass is 35.5. The van der Waals surface area contributed by atoms with Crippen molar-refractivity contribution < 1.29 is 8.81 Å². The molecule has 3 aromatic rings. The fraction of sp³-hybridized carbons (Fsp3) is 0. The second-order valence-electron chi connectivity index (χ2n) is 3.71. The van der Waals surface area contributed by atoms with Gasteiger partial charge >= 0.3 is 0 Å². The Morgan fingerprint density at radius 3 is 2.65 bits per heavy atom. The average molecular weight is 249 g/mol. The van der Waals surface area contributed by atoms with Crippen molar-refractivity contribution in [1.82, 2.24) is 0 Å². The van der Waals surface area contributed by atoms with E-state index in [0.717, 1.165) is 0 Å². The van der Waals surface area contributed by atoms with Gasteiger partial charge in [0.1, 0.15) is 17.0 Å². The standard InChI is InChI=1S/C13H6ClFO2/c14-7-1-3-9-12(5-7)17-11-4-2-8(15)6-10(11)13(9)16/h1-6H. The quantitative estimate of drug-likeness (QED) is 0.568. The van der Waals surface area contributed by atoms with Gasteiger partial charge in [0.05, 0.1) is 10.8 Å². The van der Waals surface area contributed by atoms with E-state index in [2.05, 4.69) is 0 Å². The van der Waals surface area contributed by atoms with E-state index < -0.39 is 5.82 Å². The molecular formula is C13H6ClFO2. The second kappa shape index (κ2) is 3.57. The van der Waals surface area contributed by atoms with E-state index in [1.165, 1.54) is 18.2 Å². The average Bonchev–Trinajstić information content (AvgIpc) is 2.30. The first-order valence-electron chi connectivity index (χ1n) is 4.97. The van der Waals surface area contributed by atoms with E-state index in [4.69, 9.17) is 16.0 Å². The molecule has 0 atom stereocenters. The third-order valence-electron chi connectivity index (χ3n) is 2.59. The Morgan fingerprint density at radius 1 is 1.00 bits per heavy atom. The molecule has 0 aliphatic heterocycles. The van der Waals surface area contributed by atoms with Gasteiger partial charge in [0, 0.05) is 11.1 Å². The van der Waals surface area contributed by atoms with E-state index in [1.807, 2.05) is 0 Å². The number of fused-ring (bicyclic) bond motifs is 2. The van der Waals surface area contributed by atoms with E-state index >= 15 is 0 Å². The molecule has 84 valence electrons. The van der Waals surface area contributed by atoms with Crippen molar-refractivity contribution in [2.24, 2.45) is 0 Å². The van der Waals surface area contributed by atoms with Gasteiger partial charge in [0.2, 0.25) is 5.43 Å². The van der Waals surface area contributed by atoms with Crippen LogP contribution < -0.4 is 5.43 Å². The van der Waals surface area contributed by atoms with Gasteiger partial charge in [0.15, 0.2) is 0 Å². The summed E-state index contributed by atoms with van der Waals surface area (Å²) < 4.78 is 18.6. The third kappa shape index (κ3) is 1.59. The van der Waals surface area contributed by atoms with Crippen molar-refractivity contribution >= 4 is 33.5 Å². The topological polar surface area (TPSA) is 30.2 Å². The van der Waals surface area contributed by atoms with Crippen molar-refractivity contribution in [2.45, 2.75) is 0 Å². The molecule has 0 amide bonds. The van der Waals surface area contributed by atoms with E-state index in [-0.39, 0.29) is 10.8 Å². The Morgan fingerprint density at radius 2 is 1.82 bits per heavy atom. The Balaban J connectivity index is 2.57. The minimum Gasteiger partial charge on any atom is -0.456 e. The molecule has 1 aromatic heterocycles. The molecule has 2 aromatic carbocycles. The summed E-state index contributed by atoms with van der Waals surface area (Å²) in [5.41, 5.74) is 0.505. The summed E-state index contributed by atoms with van der Waals surface area (Å²) in [4.78, 5) is 12.1. The summed E-state index contributed by atoms with van der Waals surface area (Å²) in [6, 6.07) is 8.62. The normalized spacial score (nSPS) is 11.2. The molecule has 0 radical (unpaired) electrons. The maximum Gasteiger partial charge on any atom is 0.200 e. The maximum absolute atomic E-state index is 13.1. The maximum atomic E-state index is 13.1. The summed E-state index contributed by atoms with van der Waals surface area (Å²) >= 11 is 5.83. The summed E-state index contributed by atoms with van der Waals surface area (Å²) in [5, 5.41) is 1.12. The van der Waals surface area contributed by atoms with Crippen LogP contribution in [-0.2, 0) is 0 Å². The molecule has 0 saturated carbocycles. The monoisotopic (exact) mass is 248 g/mol. The van der Waals surface area contributed by atoms with E-state index in [9.17, 15) is 9.18 Å². The zero-order chi connectivity index (χ0) is 12.0. The van der Waals surface area contributed by atoms with Gasteiger partial charge in [-0.2, -0.15) is 0 Å². The number of hydrogen-bond donors (Lipinski definition) is 0. The Hall–Kier alpha value is -1.87. The number of benzene rings is 2. The third-order valence-corrected chi connectivity index (χ3v) is 2.83. The first-order valence-corrected chi connectivity index (χ1v) is 5.34. The van der Waals surface area contributed by atoms with Gasteiger partial charge in [-0.05, 0) is 30.3 Å². The number of halogens is 2. The molecule has 0 unspecified atom stereocenters. The van der Waals surface area contributed by atoms with Crippen LogP contribution in [0.5, 0.6) is 0 Å². The molecule has 17 heavy (non-hydrogen) atoms. The lowest BCUT2D eigenvalue weighted by atomic mass is 10.1. The van der Waals surface area contributed by atoms with E-state index in [1.54, 1.807) is 18.2 Å². The van der Waals surface area contributed by atoms with Gasteiger partial charge < -0.3 is 4.42 Å². The fourth-order valence-electron chi connectivity index (χ4n) is 1.80. The van der Waals surface area contributed by atoms with Crippen LogP contribution in [0.4, 0.5) is 4.39 Å². The molecule has 0 aliphatic rings. The first kappa shape index (κ1) is 10.3. The van der Waals surface area contributed by atoms with Crippen LogP contribution in [0.2, 0.25) is 5.02 Å². The number of rotatable bonds is 0. The summed E-state index contributed by atoms with van der Waals surface area (Å²) in [6.45, 7) is 0. The number of hydrogen-bond acceptors (Lipinski definition) is 2. The highest BCUT2D eigenvalue weighted by molar-refractivity contribution is 6.31. The predicted octanol–water partition coefficient (Wildman–Crippen LogP) is 3.74. The Bertz CT molecular complexity index is 792. The highest BCUT2D eigenvalue weighted by Crippen LogP contribution is 2.22. The van der Waals surface area contributed by atoms with Crippen molar-refractivity contribution in [3.05, 3.63) is 57.5 Å². The molecule has 1 heterocycles. The van der Waals surface area contributed by atoms with Gasteiger partial charge in [-0.15, -0.1) is 0 Å². The first-order chi connectivity index (χ1) is 8.15. The predicted molar refractivity (Wildman–Crippen MR) is 65.0 cm³/mol. The molecule has 0 N–H and O–H groups in total. The second-order valence-corrected chi connectivity index (χ2v) is 4.15. The fourth-order valence-corrected chi connectivity index (χ4v) is 1.96. The van der Waals surface area contributed by atoms with Crippen LogP contribution in [0, 0.1) is 5.82 Å². The van der Waals surface area contributed by atoms with Gasteiger partial charge in [-0.25, -0.2) is 4.39 Å². The van der Waals surface area contributed by atoms with Crippen molar-refractivity contribution in [3.8, 4) is 0 Å². The molecule has 2 nitrogen and oxygen atoms in total. The zero-order valence-corrected chi connectivity index (χ0v) is 9.29. The minimum atomic E-state index is -0.460. The molecule has 0 spiro atoms. The van der Waals surface area contributed by atoms with E-state index in [0.29, 0.717) is 21.6 Å². The van der Waals surface area contributed by atoms with Crippen LogP contribution in [0.15, 0.2) is 45.6 Å². The highest BCUT2D eigenvalue weighted by Gasteiger charge is 2.08. The molecule has 0 fully saturated rings. The Labute approximate surface area is 100 Å². The lowest BCUT2D eigenvalue weighted by Gasteiger charge is -2.01. The zero-order valence-electron chi connectivity index (χ0n) is 8.54. The minimum absolute atomic E-state index is 0.236. The summed E-state index contributed by atoms with van der Waals surface area (Å²) in [6.07, 6.45) is 0.